The molecule has 28 heavy (non-hydrogen) atoms. The third kappa shape index (κ3) is 4.57. The van der Waals surface area contributed by atoms with Crippen molar-refractivity contribution in [1.29, 1.82) is 0 Å². The second-order valence-electron chi connectivity index (χ2n) is 8.61. The molecule has 2 aliphatic heterocycles. The van der Waals surface area contributed by atoms with E-state index in [2.05, 4.69) is 44.0 Å². The fourth-order valence-corrected chi connectivity index (χ4v) is 4.78. The Labute approximate surface area is 169 Å². The van der Waals surface area contributed by atoms with Crippen LogP contribution in [0.25, 0.3) is 0 Å². The van der Waals surface area contributed by atoms with Gasteiger partial charge in [0.1, 0.15) is 0 Å². The standard InChI is InChI=1S/C23H34N4O/c1-24-18-20-5-7-22(8-6-20)25-11-9-19(10-12-25)17-23(28)27-15-13-26(14-16-27)21-3-2-4-21/h5-8,18-19,21H,2-4,9-17H2,1H3. The minimum absolute atomic E-state index is 0.384. The monoisotopic (exact) mass is 382 g/mol. The normalized spacial score (nSPS) is 22.6. The van der Waals surface area contributed by atoms with Crippen molar-refractivity contribution in [2.75, 3.05) is 51.2 Å². The van der Waals surface area contributed by atoms with E-state index in [0.717, 1.165) is 70.1 Å². The van der Waals surface area contributed by atoms with Crippen LogP contribution in [-0.4, -0.2) is 74.3 Å². The summed E-state index contributed by atoms with van der Waals surface area (Å²) in [6, 6.07) is 9.43. The summed E-state index contributed by atoms with van der Waals surface area (Å²) >= 11 is 0. The number of amides is 1. The van der Waals surface area contributed by atoms with Crippen LogP contribution in [0.1, 0.15) is 44.1 Å². The average Bonchev–Trinajstić information content (AvgIpc) is 2.69. The molecule has 1 amide bonds. The lowest BCUT2D eigenvalue weighted by molar-refractivity contribution is -0.134. The second kappa shape index (κ2) is 9.08. The van der Waals surface area contributed by atoms with Gasteiger partial charge in [-0.05, 0) is 49.3 Å². The average molecular weight is 383 g/mol. The first-order chi connectivity index (χ1) is 13.7. The van der Waals surface area contributed by atoms with Gasteiger partial charge in [-0.15, -0.1) is 0 Å². The van der Waals surface area contributed by atoms with Crippen LogP contribution in [0, 0.1) is 5.92 Å². The minimum Gasteiger partial charge on any atom is -0.372 e. The molecule has 3 aliphatic rings. The predicted molar refractivity (Wildman–Crippen MR) is 115 cm³/mol. The lowest BCUT2D eigenvalue weighted by Crippen LogP contribution is -2.53. The fourth-order valence-electron chi connectivity index (χ4n) is 4.78. The smallest absolute Gasteiger partial charge is 0.222 e. The first-order valence-corrected chi connectivity index (χ1v) is 11.0. The molecule has 1 aromatic rings. The molecule has 0 N–H and O–H groups in total. The summed E-state index contributed by atoms with van der Waals surface area (Å²) in [5.41, 5.74) is 2.43. The van der Waals surface area contributed by atoms with Crippen molar-refractivity contribution in [3.8, 4) is 0 Å². The number of piperazine rings is 1. The van der Waals surface area contributed by atoms with E-state index >= 15 is 0 Å². The van der Waals surface area contributed by atoms with Gasteiger partial charge in [0.25, 0.3) is 0 Å². The Kier molecular flexibility index (Phi) is 6.30. The summed E-state index contributed by atoms with van der Waals surface area (Å²) in [6.45, 7) is 6.12. The second-order valence-corrected chi connectivity index (χ2v) is 8.61. The van der Waals surface area contributed by atoms with Crippen LogP contribution in [0.15, 0.2) is 29.3 Å². The van der Waals surface area contributed by atoms with E-state index in [9.17, 15) is 4.79 Å². The van der Waals surface area contributed by atoms with Crippen LogP contribution >= 0.6 is 0 Å². The van der Waals surface area contributed by atoms with Crippen molar-refractivity contribution < 1.29 is 4.79 Å². The van der Waals surface area contributed by atoms with Crippen molar-refractivity contribution in [2.45, 2.75) is 44.6 Å². The van der Waals surface area contributed by atoms with Crippen molar-refractivity contribution in [1.82, 2.24) is 9.80 Å². The van der Waals surface area contributed by atoms with E-state index in [1.165, 1.54) is 24.9 Å². The Bertz CT molecular complexity index is 666. The SMILES string of the molecule is CN=Cc1ccc(N2CCC(CC(=O)N3CCN(C4CCC4)CC3)CC2)cc1. The minimum atomic E-state index is 0.384. The van der Waals surface area contributed by atoms with Crippen LogP contribution in [-0.2, 0) is 4.79 Å². The Morgan fingerprint density at radius 2 is 1.68 bits per heavy atom. The highest BCUT2D eigenvalue weighted by Crippen LogP contribution is 2.28. The number of carbonyl (C=O) groups excluding carboxylic acids is 1. The largest absolute Gasteiger partial charge is 0.372 e. The highest BCUT2D eigenvalue weighted by Gasteiger charge is 2.30. The molecule has 1 aliphatic carbocycles. The van der Waals surface area contributed by atoms with E-state index in [1.807, 2.05) is 6.21 Å². The van der Waals surface area contributed by atoms with Gasteiger partial charge >= 0.3 is 0 Å². The number of piperidine rings is 1. The summed E-state index contributed by atoms with van der Waals surface area (Å²) in [7, 11) is 1.80. The first-order valence-electron chi connectivity index (χ1n) is 11.0. The number of hydrogen-bond acceptors (Lipinski definition) is 4. The molecule has 0 atom stereocenters. The molecule has 3 fully saturated rings. The van der Waals surface area contributed by atoms with Crippen LogP contribution in [0.2, 0.25) is 0 Å². The summed E-state index contributed by atoms with van der Waals surface area (Å²) < 4.78 is 0. The lowest BCUT2D eigenvalue weighted by Gasteiger charge is -2.43. The van der Waals surface area contributed by atoms with Gasteiger partial charge in [-0.1, -0.05) is 18.6 Å². The van der Waals surface area contributed by atoms with Crippen LogP contribution in [0.5, 0.6) is 0 Å². The maximum Gasteiger partial charge on any atom is 0.222 e. The van der Waals surface area contributed by atoms with Gasteiger partial charge < -0.3 is 9.80 Å². The molecule has 2 heterocycles. The maximum atomic E-state index is 12.8. The molecule has 0 unspecified atom stereocenters. The van der Waals surface area contributed by atoms with E-state index in [0.29, 0.717) is 11.8 Å². The predicted octanol–water partition coefficient (Wildman–Crippen LogP) is 3.04. The van der Waals surface area contributed by atoms with Gasteiger partial charge in [-0.25, -0.2) is 0 Å². The molecule has 5 heteroatoms. The van der Waals surface area contributed by atoms with Gasteiger partial charge in [0.2, 0.25) is 5.91 Å². The number of benzene rings is 1. The van der Waals surface area contributed by atoms with E-state index in [1.54, 1.807) is 7.05 Å². The zero-order chi connectivity index (χ0) is 19.3. The lowest BCUT2D eigenvalue weighted by atomic mass is 9.90. The molecule has 1 saturated carbocycles. The van der Waals surface area contributed by atoms with E-state index in [4.69, 9.17) is 0 Å². The Hall–Kier alpha value is -1.88. The van der Waals surface area contributed by atoms with E-state index < -0.39 is 0 Å². The number of carbonyl (C=O) groups is 1. The molecule has 0 spiro atoms. The quantitative estimate of drug-likeness (QED) is 0.735. The fraction of sp³-hybridized carbons (Fsp3) is 0.652. The van der Waals surface area contributed by atoms with Gasteiger partial charge in [0.05, 0.1) is 0 Å². The molecule has 5 nitrogen and oxygen atoms in total. The molecule has 2 saturated heterocycles. The number of anilines is 1. The third-order valence-corrected chi connectivity index (χ3v) is 6.87. The molecule has 0 radical (unpaired) electrons. The van der Waals surface area contributed by atoms with Gasteiger partial charge in [0.15, 0.2) is 0 Å². The van der Waals surface area contributed by atoms with Crippen molar-refractivity contribution in [3.05, 3.63) is 29.8 Å². The first kappa shape index (κ1) is 19.4. The third-order valence-electron chi connectivity index (χ3n) is 6.87. The number of hydrogen-bond donors (Lipinski definition) is 0. The molecule has 1 aromatic carbocycles. The molecule has 0 aromatic heterocycles. The molecule has 0 bridgehead atoms. The summed E-state index contributed by atoms with van der Waals surface area (Å²) in [5, 5.41) is 0. The summed E-state index contributed by atoms with van der Waals surface area (Å²) in [6.07, 6.45) is 8.97. The zero-order valence-corrected chi connectivity index (χ0v) is 17.2. The van der Waals surface area contributed by atoms with Gasteiger partial charge in [-0.2, -0.15) is 0 Å². The molecule has 152 valence electrons. The van der Waals surface area contributed by atoms with Crippen molar-refractivity contribution in [2.24, 2.45) is 10.9 Å². The molecular formula is C23H34N4O. The zero-order valence-electron chi connectivity index (χ0n) is 17.2. The number of rotatable bonds is 5. The van der Waals surface area contributed by atoms with Crippen LogP contribution in [0.3, 0.4) is 0 Å². The van der Waals surface area contributed by atoms with E-state index in [-0.39, 0.29) is 0 Å². The Morgan fingerprint density at radius 1 is 1.00 bits per heavy atom. The Balaban J connectivity index is 1.20. The molecule has 4 rings (SSSR count). The number of aliphatic imine (C=N–C) groups is 1. The highest BCUT2D eigenvalue weighted by molar-refractivity contribution is 5.80. The summed E-state index contributed by atoms with van der Waals surface area (Å²) in [5.74, 6) is 0.926. The number of nitrogens with zero attached hydrogens (tertiary/aromatic N) is 4. The van der Waals surface area contributed by atoms with Gasteiger partial charge in [0, 0.05) is 70.7 Å². The van der Waals surface area contributed by atoms with Crippen LogP contribution in [0.4, 0.5) is 5.69 Å². The summed E-state index contributed by atoms with van der Waals surface area (Å²) in [4.78, 5) is 24.0. The highest BCUT2D eigenvalue weighted by atomic mass is 16.2. The Morgan fingerprint density at radius 3 is 2.25 bits per heavy atom. The van der Waals surface area contributed by atoms with Gasteiger partial charge in [-0.3, -0.25) is 14.7 Å². The van der Waals surface area contributed by atoms with Crippen molar-refractivity contribution in [3.63, 3.8) is 0 Å². The topological polar surface area (TPSA) is 39.2 Å². The molecular weight excluding hydrogens is 348 g/mol. The van der Waals surface area contributed by atoms with Crippen molar-refractivity contribution >= 4 is 17.8 Å². The van der Waals surface area contributed by atoms with Crippen LogP contribution < -0.4 is 4.90 Å². The maximum absolute atomic E-state index is 12.8.